The fourth-order valence-electron chi connectivity index (χ4n) is 3.43. The number of benzene rings is 2. The summed E-state index contributed by atoms with van der Waals surface area (Å²) in [6.07, 6.45) is 2.44. The number of carbonyl (C=O) groups excluding carboxylic acids is 1. The highest BCUT2D eigenvalue weighted by Crippen LogP contribution is 2.21. The minimum atomic E-state index is -0.327. The summed E-state index contributed by atoms with van der Waals surface area (Å²) in [6, 6.07) is 19.2. The number of amides is 2. The number of rotatable bonds is 6. The van der Waals surface area contributed by atoms with Crippen LogP contribution in [0, 0.1) is 5.82 Å². The van der Waals surface area contributed by atoms with E-state index in [4.69, 9.17) is 4.74 Å². The van der Waals surface area contributed by atoms with Gasteiger partial charge in [0.2, 0.25) is 5.88 Å². The Labute approximate surface area is 174 Å². The molecular formula is C23H23FN4O2. The number of carbonyl (C=O) groups is 1. The molecule has 0 radical (unpaired) electrons. The summed E-state index contributed by atoms with van der Waals surface area (Å²) in [5.74, 6) is 0.523. The van der Waals surface area contributed by atoms with E-state index in [-0.39, 0.29) is 17.9 Å². The lowest BCUT2D eigenvalue weighted by Gasteiger charge is -2.17. The van der Waals surface area contributed by atoms with E-state index in [1.807, 2.05) is 18.2 Å². The monoisotopic (exact) mass is 406 g/mol. The Hall–Kier alpha value is -3.45. The number of pyridine rings is 1. The number of halogens is 1. The van der Waals surface area contributed by atoms with Crippen LogP contribution < -0.4 is 15.4 Å². The maximum Gasteiger partial charge on any atom is 0.319 e. The second-order valence-electron chi connectivity index (χ2n) is 7.25. The van der Waals surface area contributed by atoms with Gasteiger partial charge >= 0.3 is 6.03 Å². The molecule has 6 nitrogen and oxygen atoms in total. The van der Waals surface area contributed by atoms with E-state index in [1.54, 1.807) is 12.1 Å². The van der Waals surface area contributed by atoms with Gasteiger partial charge in [-0.1, -0.05) is 30.3 Å². The molecule has 3 aromatic rings. The molecule has 1 aliphatic heterocycles. The SMILES string of the molecule is O=C(Nc1ccc(Oc2ccc(F)cc2)nc1)NC1CCN(Cc2ccccc2)C1. The molecule has 1 fully saturated rings. The number of anilines is 1. The number of hydrogen-bond donors (Lipinski definition) is 2. The minimum absolute atomic E-state index is 0.114. The Morgan fingerprint density at radius 2 is 1.90 bits per heavy atom. The van der Waals surface area contributed by atoms with Crippen LogP contribution in [0.3, 0.4) is 0 Å². The standard InChI is InChI=1S/C23H23FN4O2/c24-18-6-9-21(10-7-18)30-22-11-8-19(14-25-22)26-23(29)27-20-12-13-28(16-20)15-17-4-2-1-3-5-17/h1-11,14,20H,12-13,15-16H2,(H2,26,27,29). The van der Waals surface area contributed by atoms with E-state index in [9.17, 15) is 9.18 Å². The van der Waals surface area contributed by atoms with Crippen molar-refractivity contribution < 1.29 is 13.9 Å². The summed E-state index contributed by atoms with van der Waals surface area (Å²) in [7, 11) is 0. The first-order valence-electron chi connectivity index (χ1n) is 9.87. The van der Waals surface area contributed by atoms with Gasteiger partial charge in [0.1, 0.15) is 11.6 Å². The van der Waals surface area contributed by atoms with Gasteiger partial charge in [-0.15, -0.1) is 0 Å². The molecule has 0 spiro atoms. The smallest absolute Gasteiger partial charge is 0.319 e. The van der Waals surface area contributed by atoms with Crippen LogP contribution in [-0.2, 0) is 6.54 Å². The van der Waals surface area contributed by atoms with Crippen LogP contribution in [0.2, 0.25) is 0 Å². The summed E-state index contributed by atoms with van der Waals surface area (Å²) in [5, 5.41) is 5.81. The van der Waals surface area contributed by atoms with Gasteiger partial charge in [0.05, 0.1) is 11.9 Å². The van der Waals surface area contributed by atoms with Gasteiger partial charge in [-0.3, -0.25) is 4.90 Å². The summed E-state index contributed by atoms with van der Waals surface area (Å²) in [4.78, 5) is 18.8. The number of nitrogens with one attached hydrogen (secondary N) is 2. The van der Waals surface area contributed by atoms with Crippen molar-refractivity contribution in [3.63, 3.8) is 0 Å². The average molecular weight is 406 g/mol. The second kappa shape index (κ2) is 9.37. The van der Waals surface area contributed by atoms with Crippen LogP contribution in [0.5, 0.6) is 11.6 Å². The highest BCUT2D eigenvalue weighted by molar-refractivity contribution is 5.89. The summed E-state index contributed by atoms with van der Waals surface area (Å²) in [5.41, 5.74) is 1.84. The Morgan fingerprint density at radius 3 is 2.63 bits per heavy atom. The molecular weight excluding hydrogens is 383 g/mol. The Kier molecular flexibility index (Phi) is 6.20. The number of urea groups is 1. The lowest BCUT2D eigenvalue weighted by Crippen LogP contribution is -2.39. The first-order chi connectivity index (χ1) is 14.6. The van der Waals surface area contributed by atoms with Crippen LogP contribution in [0.15, 0.2) is 72.9 Å². The fourth-order valence-corrected chi connectivity index (χ4v) is 3.43. The third-order valence-corrected chi connectivity index (χ3v) is 4.89. The third-order valence-electron chi connectivity index (χ3n) is 4.89. The normalized spacial score (nSPS) is 16.2. The van der Waals surface area contributed by atoms with Crippen LogP contribution >= 0.6 is 0 Å². The van der Waals surface area contributed by atoms with Crippen molar-refractivity contribution in [3.8, 4) is 11.6 Å². The zero-order chi connectivity index (χ0) is 20.8. The molecule has 1 saturated heterocycles. The highest BCUT2D eigenvalue weighted by Gasteiger charge is 2.23. The van der Waals surface area contributed by atoms with E-state index < -0.39 is 0 Å². The first kappa shape index (κ1) is 19.8. The molecule has 4 rings (SSSR count). The fraction of sp³-hybridized carbons (Fsp3) is 0.217. The van der Waals surface area contributed by atoms with Crippen molar-refractivity contribution >= 4 is 11.7 Å². The van der Waals surface area contributed by atoms with Crippen LogP contribution in [0.4, 0.5) is 14.9 Å². The molecule has 2 N–H and O–H groups in total. The number of aromatic nitrogens is 1. The van der Waals surface area contributed by atoms with E-state index in [0.29, 0.717) is 17.3 Å². The molecule has 2 aromatic carbocycles. The Bertz CT molecular complexity index is 965. The molecule has 2 heterocycles. The quantitative estimate of drug-likeness (QED) is 0.636. The summed E-state index contributed by atoms with van der Waals surface area (Å²) in [6.45, 7) is 2.67. The van der Waals surface area contributed by atoms with Crippen molar-refractivity contribution in [2.45, 2.75) is 19.0 Å². The van der Waals surface area contributed by atoms with E-state index in [1.165, 1.54) is 36.0 Å². The zero-order valence-corrected chi connectivity index (χ0v) is 16.4. The molecule has 0 aliphatic carbocycles. The summed E-state index contributed by atoms with van der Waals surface area (Å²) >= 11 is 0. The number of nitrogens with zero attached hydrogens (tertiary/aromatic N) is 2. The van der Waals surface area contributed by atoms with E-state index >= 15 is 0 Å². The molecule has 1 atom stereocenters. The topological polar surface area (TPSA) is 66.5 Å². The molecule has 2 amide bonds. The molecule has 154 valence electrons. The van der Waals surface area contributed by atoms with Gasteiger partial charge in [-0.25, -0.2) is 14.2 Å². The van der Waals surface area contributed by atoms with Crippen LogP contribution in [-0.4, -0.2) is 35.0 Å². The molecule has 1 aromatic heterocycles. The lowest BCUT2D eigenvalue weighted by atomic mass is 10.2. The number of ether oxygens (including phenoxy) is 1. The van der Waals surface area contributed by atoms with Gasteiger partial charge in [-0.2, -0.15) is 0 Å². The lowest BCUT2D eigenvalue weighted by molar-refractivity contribution is 0.247. The molecule has 30 heavy (non-hydrogen) atoms. The van der Waals surface area contributed by atoms with Crippen molar-refractivity contribution in [2.75, 3.05) is 18.4 Å². The summed E-state index contributed by atoms with van der Waals surface area (Å²) < 4.78 is 18.5. The molecule has 1 unspecified atom stereocenters. The zero-order valence-electron chi connectivity index (χ0n) is 16.4. The Morgan fingerprint density at radius 1 is 1.10 bits per heavy atom. The predicted molar refractivity (Wildman–Crippen MR) is 113 cm³/mol. The first-order valence-corrected chi connectivity index (χ1v) is 9.87. The molecule has 0 saturated carbocycles. The van der Waals surface area contributed by atoms with E-state index in [0.717, 1.165) is 26.1 Å². The van der Waals surface area contributed by atoms with Crippen molar-refractivity contribution in [1.29, 1.82) is 0 Å². The Balaban J connectivity index is 1.23. The number of likely N-dealkylation sites (tertiary alicyclic amines) is 1. The van der Waals surface area contributed by atoms with Crippen molar-refractivity contribution in [1.82, 2.24) is 15.2 Å². The van der Waals surface area contributed by atoms with Crippen LogP contribution in [0.1, 0.15) is 12.0 Å². The van der Waals surface area contributed by atoms with Gasteiger partial charge in [0, 0.05) is 31.7 Å². The average Bonchev–Trinajstić information content (AvgIpc) is 3.18. The molecule has 0 bridgehead atoms. The van der Waals surface area contributed by atoms with E-state index in [2.05, 4.69) is 32.7 Å². The van der Waals surface area contributed by atoms with Gasteiger partial charge < -0.3 is 15.4 Å². The van der Waals surface area contributed by atoms with Gasteiger partial charge in [0.25, 0.3) is 0 Å². The van der Waals surface area contributed by atoms with Crippen molar-refractivity contribution in [2.24, 2.45) is 0 Å². The maximum absolute atomic E-state index is 12.9. The predicted octanol–water partition coefficient (Wildman–Crippen LogP) is 4.41. The highest BCUT2D eigenvalue weighted by atomic mass is 19.1. The van der Waals surface area contributed by atoms with Crippen molar-refractivity contribution in [3.05, 3.63) is 84.3 Å². The molecule has 1 aliphatic rings. The maximum atomic E-state index is 12.9. The van der Waals surface area contributed by atoms with Gasteiger partial charge in [0.15, 0.2) is 0 Å². The largest absolute Gasteiger partial charge is 0.439 e. The van der Waals surface area contributed by atoms with Gasteiger partial charge in [-0.05, 0) is 42.3 Å². The number of hydrogen-bond acceptors (Lipinski definition) is 4. The third kappa shape index (κ3) is 5.55. The second-order valence-corrected chi connectivity index (χ2v) is 7.25. The minimum Gasteiger partial charge on any atom is -0.439 e. The molecule has 7 heteroatoms. The van der Waals surface area contributed by atoms with Crippen LogP contribution in [0.25, 0.3) is 0 Å².